The lowest BCUT2D eigenvalue weighted by atomic mass is 10.2. The highest BCUT2D eigenvalue weighted by Gasteiger charge is 2.16. The van der Waals surface area contributed by atoms with Crippen LogP contribution in [0.3, 0.4) is 0 Å². The number of esters is 1. The smallest absolute Gasteiger partial charge is 0.334 e. The van der Waals surface area contributed by atoms with E-state index in [9.17, 15) is 4.79 Å². The first-order valence-corrected chi connectivity index (χ1v) is 6.12. The Labute approximate surface area is 113 Å². The molecule has 0 fully saturated rings. The SMILES string of the molecule is CCOC(=O)C(C)OCc1cccc(OC)c1OC. The summed E-state index contributed by atoms with van der Waals surface area (Å²) in [5, 5.41) is 0. The molecule has 0 amide bonds. The van der Waals surface area contributed by atoms with Gasteiger partial charge in [-0.15, -0.1) is 0 Å². The molecule has 106 valence electrons. The Morgan fingerprint density at radius 1 is 1.26 bits per heavy atom. The second kappa shape index (κ2) is 7.63. The predicted molar refractivity (Wildman–Crippen MR) is 70.4 cm³/mol. The van der Waals surface area contributed by atoms with Crippen LogP contribution < -0.4 is 9.47 Å². The average molecular weight is 268 g/mol. The lowest BCUT2D eigenvalue weighted by molar-refractivity contribution is -0.156. The van der Waals surface area contributed by atoms with Crippen LogP contribution in [0.25, 0.3) is 0 Å². The molecule has 0 N–H and O–H groups in total. The summed E-state index contributed by atoms with van der Waals surface area (Å²) in [7, 11) is 3.14. The van der Waals surface area contributed by atoms with Gasteiger partial charge in [-0.3, -0.25) is 0 Å². The third kappa shape index (κ3) is 4.13. The highest BCUT2D eigenvalue weighted by Crippen LogP contribution is 2.31. The van der Waals surface area contributed by atoms with Gasteiger partial charge in [-0.05, 0) is 19.9 Å². The van der Waals surface area contributed by atoms with Gasteiger partial charge in [-0.1, -0.05) is 12.1 Å². The van der Waals surface area contributed by atoms with Crippen molar-refractivity contribution < 1.29 is 23.7 Å². The molecule has 0 spiro atoms. The van der Waals surface area contributed by atoms with Crippen LogP contribution in [0.15, 0.2) is 18.2 Å². The average Bonchev–Trinajstić information content (AvgIpc) is 2.44. The maximum absolute atomic E-state index is 11.4. The molecule has 5 heteroatoms. The Morgan fingerprint density at radius 3 is 2.58 bits per heavy atom. The number of benzene rings is 1. The molecule has 0 aliphatic rings. The number of ether oxygens (including phenoxy) is 4. The van der Waals surface area contributed by atoms with E-state index in [1.54, 1.807) is 34.1 Å². The van der Waals surface area contributed by atoms with E-state index in [1.807, 2.05) is 12.1 Å². The van der Waals surface area contributed by atoms with Crippen molar-refractivity contribution in [3.8, 4) is 11.5 Å². The van der Waals surface area contributed by atoms with E-state index in [0.29, 0.717) is 18.1 Å². The highest BCUT2D eigenvalue weighted by molar-refractivity contribution is 5.74. The summed E-state index contributed by atoms with van der Waals surface area (Å²) in [6.45, 7) is 4.01. The largest absolute Gasteiger partial charge is 0.493 e. The van der Waals surface area contributed by atoms with Crippen LogP contribution in [0, 0.1) is 0 Å². The van der Waals surface area contributed by atoms with E-state index in [-0.39, 0.29) is 12.6 Å². The molecule has 0 aliphatic heterocycles. The van der Waals surface area contributed by atoms with Crippen LogP contribution in [0.1, 0.15) is 19.4 Å². The molecule has 5 nitrogen and oxygen atoms in total. The van der Waals surface area contributed by atoms with Crippen LogP contribution in [-0.4, -0.2) is 32.9 Å². The van der Waals surface area contributed by atoms with Crippen molar-refractivity contribution >= 4 is 5.97 Å². The molecule has 1 unspecified atom stereocenters. The maximum Gasteiger partial charge on any atom is 0.334 e. The third-order valence-electron chi connectivity index (χ3n) is 2.59. The molecular formula is C14H20O5. The number of hydrogen-bond acceptors (Lipinski definition) is 5. The molecule has 0 aliphatic carbocycles. The zero-order valence-corrected chi connectivity index (χ0v) is 11.8. The third-order valence-corrected chi connectivity index (χ3v) is 2.59. The Bertz CT molecular complexity index is 416. The number of rotatable bonds is 7. The van der Waals surface area contributed by atoms with Crippen molar-refractivity contribution in [3.05, 3.63) is 23.8 Å². The van der Waals surface area contributed by atoms with Gasteiger partial charge in [0.2, 0.25) is 0 Å². The minimum atomic E-state index is -0.615. The summed E-state index contributed by atoms with van der Waals surface area (Å²) in [5.41, 5.74) is 0.818. The number of para-hydroxylation sites is 1. The number of methoxy groups -OCH3 is 2. The van der Waals surface area contributed by atoms with Crippen LogP contribution in [0.4, 0.5) is 0 Å². The van der Waals surface area contributed by atoms with Gasteiger partial charge in [0.15, 0.2) is 17.6 Å². The van der Waals surface area contributed by atoms with Crippen molar-refractivity contribution in [2.24, 2.45) is 0 Å². The Kier molecular flexibility index (Phi) is 6.15. The molecular weight excluding hydrogens is 248 g/mol. The highest BCUT2D eigenvalue weighted by atomic mass is 16.6. The molecule has 1 aromatic carbocycles. The fourth-order valence-corrected chi connectivity index (χ4v) is 1.61. The first-order valence-electron chi connectivity index (χ1n) is 6.12. The standard InChI is InChI=1S/C14H20O5/c1-5-18-14(15)10(2)19-9-11-7-6-8-12(16-3)13(11)17-4/h6-8,10H,5,9H2,1-4H3. The summed E-state index contributed by atoms with van der Waals surface area (Å²) in [6, 6.07) is 5.51. The fourth-order valence-electron chi connectivity index (χ4n) is 1.61. The minimum Gasteiger partial charge on any atom is -0.493 e. The van der Waals surface area contributed by atoms with Crippen molar-refractivity contribution in [3.63, 3.8) is 0 Å². The van der Waals surface area contributed by atoms with Crippen molar-refractivity contribution in [2.45, 2.75) is 26.6 Å². The van der Waals surface area contributed by atoms with Gasteiger partial charge >= 0.3 is 5.97 Å². The van der Waals surface area contributed by atoms with Gasteiger partial charge in [0.1, 0.15) is 0 Å². The topological polar surface area (TPSA) is 54.0 Å². The zero-order chi connectivity index (χ0) is 14.3. The van der Waals surface area contributed by atoms with Gasteiger partial charge < -0.3 is 18.9 Å². The normalized spacial score (nSPS) is 11.8. The molecule has 0 aromatic heterocycles. The first kappa shape index (κ1) is 15.3. The van der Waals surface area contributed by atoms with Crippen LogP contribution in [0.2, 0.25) is 0 Å². The fraction of sp³-hybridized carbons (Fsp3) is 0.500. The summed E-state index contributed by atoms with van der Waals surface area (Å²) in [4.78, 5) is 11.4. The van der Waals surface area contributed by atoms with Crippen LogP contribution in [-0.2, 0) is 20.9 Å². The summed E-state index contributed by atoms with van der Waals surface area (Å²) in [6.07, 6.45) is -0.615. The second-order valence-corrected chi connectivity index (χ2v) is 3.86. The van der Waals surface area contributed by atoms with Crippen LogP contribution in [0.5, 0.6) is 11.5 Å². The van der Waals surface area contributed by atoms with Gasteiger partial charge in [0.25, 0.3) is 0 Å². The number of carbonyl (C=O) groups excluding carboxylic acids is 1. The molecule has 1 rings (SSSR count). The molecule has 1 atom stereocenters. The quantitative estimate of drug-likeness (QED) is 0.709. The van der Waals surface area contributed by atoms with Gasteiger partial charge in [-0.2, -0.15) is 0 Å². The van der Waals surface area contributed by atoms with E-state index in [0.717, 1.165) is 5.56 Å². The molecule has 19 heavy (non-hydrogen) atoms. The number of carbonyl (C=O) groups is 1. The van der Waals surface area contributed by atoms with E-state index in [4.69, 9.17) is 18.9 Å². The lowest BCUT2D eigenvalue weighted by Gasteiger charge is -2.15. The van der Waals surface area contributed by atoms with Gasteiger partial charge in [0, 0.05) is 5.56 Å². The van der Waals surface area contributed by atoms with E-state index in [1.165, 1.54) is 0 Å². The molecule has 0 saturated carbocycles. The molecule has 0 radical (unpaired) electrons. The molecule has 0 saturated heterocycles. The molecule has 0 bridgehead atoms. The molecule has 0 heterocycles. The summed E-state index contributed by atoms with van der Waals surface area (Å²) in [5.74, 6) is 0.873. The summed E-state index contributed by atoms with van der Waals surface area (Å²) >= 11 is 0. The monoisotopic (exact) mass is 268 g/mol. The Morgan fingerprint density at radius 2 is 2.00 bits per heavy atom. The predicted octanol–water partition coefficient (Wildman–Crippen LogP) is 2.17. The van der Waals surface area contributed by atoms with E-state index in [2.05, 4.69) is 0 Å². The minimum absolute atomic E-state index is 0.250. The van der Waals surface area contributed by atoms with Crippen molar-refractivity contribution in [1.82, 2.24) is 0 Å². The van der Waals surface area contributed by atoms with E-state index < -0.39 is 6.10 Å². The molecule has 1 aromatic rings. The Hall–Kier alpha value is -1.75. The summed E-state index contributed by atoms with van der Waals surface area (Å²) < 4.78 is 20.8. The van der Waals surface area contributed by atoms with Crippen molar-refractivity contribution in [1.29, 1.82) is 0 Å². The maximum atomic E-state index is 11.4. The first-order chi connectivity index (χ1) is 9.13. The van der Waals surface area contributed by atoms with Crippen molar-refractivity contribution in [2.75, 3.05) is 20.8 Å². The van der Waals surface area contributed by atoms with E-state index >= 15 is 0 Å². The lowest BCUT2D eigenvalue weighted by Crippen LogP contribution is -2.23. The van der Waals surface area contributed by atoms with Crippen LogP contribution >= 0.6 is 0 Å². The van der Waals surface area contributed by atoms with Gasteiger partial charge in [-0.25, -0.2) is 4.79 Å². The number of hydrogen-bond donors (Lipinski definition) is 0. The van der Waals surface area contributed by atoms with Gasteiger partial charge in [0.05, 0.1) is 27.4 Å². The Balaban J connectivity index is 2.70. The second-order valence-electron chi connectivity index (χ2n) is 3.86. The zero-order valence-electron chi connectivity index (χ0n) is 11.8.